The second-order valence-corrected chi connectivity index (χ2v) is 7.59. The zero-order valence-corrected chi connectivity index (χ0v) is 17.7. The molecule has 182 valence electrons. The average molecular weight is 524 g/mol. The van der Waals surface area contributed by atoms with Crippen molar-refractivity contribution in [2.75, 3.05) is 5.32 Å². The molecule has 8 nitrogen and oxygen atoms in total. The normalized spacial score (nSPS) is 11.8. The molecule has 2 aromatic carbocycles. The number of phosphoric ester groups is 1. The van der Waals surface area contributed by atoms with Crippen LogP contribution in [0.2, 0.25) is 5.02 Å². The molecule has 0 heterocycles. The van der Waals surface area contributed by atoms with Crippen LogP contribution in [0.15, 0.2) is 36.4 Å². The maximum Gasteiger partial charge on any atom is 0.524 e. The zero-order valence-electron chi connectivity index (χ0n) is 16.0. The number of hydrogen-bond donors (Lipinski definition) is 4. The molecular weight excluding hydrogens is 511 g/mol. The number of benzene rings is 2. The van der Waals surface area contributed by atoms with E-state index in [0.717, 1.165) is 25.1 Å². The Morgan fingerprint density at radius 2 is 1.42 bits per heavy atom. The fourth-order valence-corrected chi connectivity index (χ4v) is 2.70. The highest BCUT2D eigenvalue weighted by atomic mass is 35.5. The van der Waals surface area contributed by atoms with Crippen LogP contribution < -0.4 is 9.84 Å². The molecule has 0 aliphatic heterocycles. The first-order chi connectivity index (χ1) is 14.8. The van der Waals surface area contributed by atoms with Crippen LogP contribution in [0.4, 0.5) is 32.0 Å². The van der Waals surface area contributed by atoms with Crippen molar-refractivity contribution in [2.24, 2.45) is 0 Å². The lowest BCUT2D eigenvalue weighted by molar-refractivity contribution is -0.143. The Kier molecular flexibility index (Phi) is 8.92. The minimum atomic E-state index is -5.13. The molecule has 16 heteroatoms. The molecule has 0 saturated heterocycles. The van der Waals surface area contributed by atoms with E-state index in [2.05, 4.69) is 4.52 Å². The maximum atomic E-state index is 12.9. The summed E-state index contributed by atoms with van der Waals surface area (Å²) in [7, 11) is -5.13. The fraction of sp³-hybridized carbons (Fsp3) is 0.176. The lowest BCUT2D eigenvalue weighted by Crippen LogP contribution is -2.16. The summed E-state index contributed by atoms with van der Waals surface area (Å²) < 4.78 is 92.6. The third-order valence-electron chi connectivity index (χ3n) is 3.25. The van der Waals surface area contributed by atoms with Gasteiger partial charge in [-0.2, -0.15) is 26.3 Å². The van der Waals surface area contributed by atoms with Gasteiger partial charge in [-0.15, -0.1) is 0 Å². The quantitative estimate of drug-likeness (QED) is 0.320. The first-order valence-corrected chi connectivity index (χ1v) is 10.1. The van der Waals surface area contributed by atoms with E-state index in [0.29, 0.717) is 0 Å². The van der Waals surface area contributed by atoms with Gasteiger partial charge >= 0.3 is 20.2 Å². The molecule has 0 aliphatic rings. The van der Waals surface area contributed by atoms with E-state index in [1.807, 2.05) is 0 Å². The van der Waals surface area contributed by atoms with E-state index in [9.17, 15) is 35.7 Å². The smallest absolute Gasteiger partial charge is 0.481 e. The van der Waals surface area contributed by atoms with Crippen LogP contribution >= 0.6 is 19.4 Å². The van der Waals surface area contributed by atoms with Crippen LogP contribution in [0.25, 0.3) is 0 Å². The molecule has 33 heavy (non-hydrogen) atoms. The van der Waals surface area contributed by atoms with Crippen molar-refractivity contribution in [3.05, 3.63) is 58.1 Å². The summed E-state index contributed by atoms with van der Waals surface area (Å²) in [6.07, 6.45) is -10.3. The number of carboxylic acids is 1. The van der Waals surface area contributed by atoms with Gasteiger partial charge in [0.2, 0.25) is 0 Å². The summed E-state index contributed by atoms with van der Waals surface area (Å²) in [5.41, 5.74) is -4.83. The van der Waals surface area contributed by atoms with E-state index in [-0.39, 0.29) is 23.2 Å². The van der Waals surface area contributed by atoms with Crippen molar-refractivity contribution in [1.82, 2.24) is 0 Å². The predicted molar refractivity (Wildman–Crippen MR) is 102 cm³/mol. The van der Waals surface area contributed by atoms with E-state index in [1.165, 1.54) is 0 Å². The number of rotatable bonds is 4. The van der Waals surface area contributed by atoms with Gasteiger partial charge in [0.05, 0.1) is 16.7 Å². The number of alkyl halides is 6. The minimum Gasteiger partial charge on any atom is -0.481 e. The van der Waals surface area contributed by atoms with Gasteiger partial charge in [0.25, 0.3) is 11.9 Å². The van der Waals surface area contributed by atoms with E-state index >= 15 is 0 Å². The first kappa shape index (κ1) is 28.2. The number of hydrogen-bond acceptors (Lipinski definition) is 4. The number of halogens is 7. The van der Waals surface area contributed by atoms with Crippen LogP contribution in [0, 0.1) is 0 Å². The van der Waals surface area contributed by atoms with Gasteiger partial charge in [-0.05, 0) is 36.4 Å². The average Bonchev–Trinajstić information content (AvgIpc) is 2.60. The van der Waals surface area contributed by atoms with E-state index in [1.54, 1.807) is 5.32 Å². The van der Waals surface area contributed by atoms with Crippen LogP contribution in [0.3, 0.4) is 0 Å². The number of nitrogens with one attached hydrogen (secondary N) is 1. The standard InChI is InChI=1S/C15H9ClF6NO5P.C2H4O2/c16-9-1-2-12(28-29(25,26)27)11(6-9)13(24)23-10-4-7(14(17,18)19)3-8(5-10)15(20,21)22;1-2(3)4/h1-6H,(H,23,24)(H2,25,26,27);1H3,(H,3,4). The maximum absolute atomic E-state index is 12.9. The van der Waals surface area contributed by atoms with Crippen molar-refractivity contribution in [3.8, 4) is 5.75 Å². The summed E-state index contributed by atoms with van der Waals surface area (Å²) >= 11 is 5.68. The third-order valence-corrected chi connectivity index (χ3v) is 3.92. The van der Waals surface area contributed by atoms with Crippen molar-refractivity contribution in [3.63, 3.8) is 0 Å². The Hall–Kier alpha value is -2.80. The molecule has 0 aliphatic carbocycles. The van der Waals surface area contributed by atoms with Crippen molar-refractivity contribution < 1.29 is 59.9 Å². The molecule has 2 aromatic rings. The van der Waals surface area contributed by atoms with Crippen LogP contribution in [-0.2, 0) is 21.7 Å². The Balaban J connectivity index is 0.00000125. The number of carboxylic acid groups (broad SMARTS) is 1. The zero-order chi connectivity index (χ0) is 25.8. The summed E-state index contributed by atoms with van der Waals surface area (Å²) in [6.45, 7) is 1.08. The molecule has 1 amide bonds. The number of anilines is 1. The van der Waals surface area contributed by atoms with Crippen molar-refractivity contribution in [1.29, 1.82) is 0 Å². The highest BCUT2D eigenvalue weighted by Crippen LogP contribution is 2.41. The Bertz CT molecular complexity index is 1050. The van der Waals surface area contributed by atoms with Crippen LogP contribution in [-0.4, -0.2) is 26.8 Å². The summed E-state index contributed by atoms with van der Waals surface area (Å²) in [5.74, 6) is -2.84. The highest BCUT2D eigenvalue weighted by molar-refractivity contribution is 7.46. The SMILES string of the molecule is CC(=O)O.O=C(Nc1cc(C(F)(F)F)cc(C(F)(F)F)c1)c1cc(Cl)ccc1OP(=O)(O)O. The van der Waals surface area contributed by atoms with Crippen molar-refractivity contribution >= 4 is 37.0 Å². The second kappa shape index (κ2) is 10.4. The minimum absolute atomic E-state index is 0.117. The van der Waals surface area contributed by atoms with E-state index < -0.39 is 60.2 Å². The Labute approximate surface area is 186 Å². The molecular formula is C17H13ClF6NO7P. The van der Waals surface area contributed by atoms with Gasteiger partial charge in [-0.1, -0.05) is 11.6 Å². The summed E-state index contributed by atoms with van der Waals surface area (Å²) in [4.78, 5) is 39.1. The Morgan fingerprint density at radius 1 is 0.970 bits per heavy atom. The van der Waals surface area contributed by atoms with Gasteiger partial charge in [-0.25, -0.2) is 4.57 Å². The highest BCUT2D eigenvalue weighted by Gasteiger charge is 2.37. The third kappa shape index (κ3) is 9.70. The number of phosphoric acid groups is 1. The van der Waals surface area contributed by atoms with E-state index in [4.69, 9.17) is 31.3 Å². The molecule has 4 N–H and O–H groups in total. The molecule has 0 aromatic heterocycles. The topological polar surface area (TPSA) is 133 Å². The summed E-state index contributed by atoms with van der Waals surface area (Å²) in [6, 6.07) is 3.25. The van der Waals surface area contributed by atoms with Gasteiger partial charge in [0.1, 0.15) is 5.75 Å². The molecule has 0 spiro atoms. The number of amides is 1. The number of carbonyl (C=O) groups excluding carboxylic acids is 1. The van der Waals surface area contributed by atoms with Gasteiger partial charge in [0, 0.05) is 17.6 Å². The number of carbonyl (C=O) groups is 2. The lowest BCUT2D eigenvalue weighted by atomic mass is 10.1. The molecule has 0 radical (unpaired) electrons. The lowest BCUT2D eigenvalue weighted by Gasteiger charge is -2.16. The van der Waals surface area contributed by atoms with Gasteiger partial charge in [0.15, 0.2) is 0 Å². The van der Waals surface area contributed by atoms with Crippen molar-refractivity contribution in [2.45, 2.75) is 19.3 Å². The van der Waals surface area contributed by atoms with Gasteiger partial charge < -0.3 is 14.9 Å². The number of aliphatic carboxylic acids is 1. The molecule has 2 rings (SSSR count). The second-order valence-electron chi connectivity index (χ2n) is 5.99. The fourth-order valence-electron chi connectivity index (χ4n) is 2.11. The Morgan fingerprint density at radius 3 is 1.82 bits per heavy atom. The van der Waals surface area contributed by atoms with Gasteiger partial charge in [-0.3, -0.25) is 19.4 Å². The first-order valence-electron chi connectivity index (χ1n) is 8.14. The monoisotopic (exact) mass is 523 g/mol. The van der Waals surface area contributed by atoms with Crippen LogP contribution in [0.1, 0.15) is 28.4 Å². The largest absolute Gasteiger partial charge is 0.524 e. The molecule has 0 unspecified atom stereocenters. The predicted octanol–water partition coefficient (Wildman–Crippen LogP) is 5.19. The molecule has 0 atom stereocenters. The van der Waals surface area contributed by atoms with Crippen LogP contribution in [0.5, 0.6) is 5.75 Å². The molecule has 0 saturated carbocycles. The summed E-state index contributed by atoms with van der Waals surface area (Å²) in [5, 5.41) is 9.11. The molecule has 0 bridgehead atoms. The molecule has 0 fully saturated rings.